The van der Waals surface area contributed by atoms with E-state index in [0.717, 1.165) is 44.4 Å². The predicted octanol–water partition coefficient (Wildman–Crippen LogP) is 8.66. The van der Waals surface area contributed by atoms with Crippen molar-refractivity contribution in [3.63, 3.8) is 0 Å². The topological polar surface area (TPSA) is 25.2 Å². The van der Waals surface area contributed by atoms with E-state index in [0.29, 0.717) is 0 Å². The maximum atomic E-state index is 6.08. The van der Waals surface area contributed by atoms with E-state index in [-0.39, 0.29) is 0 Å². The molecule has 0 amide bonds. The zero-order chi connectivity index (χ0) is 21.3. The highest BCUT2D eigenvalue weighted by Crippen LogP contribution is 2.33. The molecule has 2 nitrogen and oxygen atoms in total. The van der Waals surface area contributed by atoms with Gasteiger partial charge in [0, 0.05) is 22.1 Å². The Labute approximate surface area is 186 Å². The lowest BCUT2D eigenvalue weighted by Crippen LogP contribution is -1.91. The third-order valence-electron chi connectivity index (χ3n) is 5.83. The van der Waals surface area contributed by atoms with Crippen LogP contribution < -0.4 is 5.32 Å². The van der Waals surface area contributed by atoms with Gasteiger partial charge < -0.3 is 9.73 Å². The third kappa shape index (κ3) is 3.42. The molecule has 0 bridgehead atoms. The zero-order valence-corrected chi connectivity index (χ0v) is 17.5. The number of hydrogen-bond donors (Lipinski definition) is 1. The minimum atomic E-state index is 0.914. The first kappa shape index (κ1) is 18.5. The van der Waals surface area contributed by atoms with Crippen molar-refractivity contribution < 1.29 is 4.42 Å². The van der Waals surface area contributed by atoms with Gasteiger partial charge in [-0.1, -0.05) is 78.9 Å². The Hall–Kier alpha value is -4.30. The minimum Gasteiger partial charge on any atom is -0.456 e. The lowest BCUT2D eigenvalue weighted by atomic mass is 10.0. The Morgan fingerprint density at radius 3 is 1.78 bits per heavy atom. The second-order valence-electron chi connectivity index (χ2n) is 7.96. The molecule has 0 saturated heterocycles. The van der Waals surface area contributed by atoms with Crippen LogP contribution >= 0.6 is 0 Å². The second-order valence-corrected chi connectivity index (χ2v) is 7.96. The Morgan fingerprint density at radius 1 is 0.406 bits per heavy atom. The summed E-state index contributed by atoms with van der Waals surface area (Å²) >= 11 is 0. The van der Waals surface area contributed by atoms with Gasteiger partial charge >= 0.3 is 0 Å². The largest absolute Gasteiger partial charge is 0.456 e. The molecule has 6 rings (SSSR count). The molecule has 0 fully saturated rings. The summed E-state index contributed by atoms with van der Waals surface area (Å²) in [6.45, 7) is 0. The Kier molecular flexibility index (Phi) is 4.47. The second kappa shape index (κ2) is 7.75. The summed E-state index contributed by atoms with van der Waals surface area (Å²) in [6, 6.07) is 42.1. The van der Waals surface area contributed by atoms with Crippen LogP contribution in [-0.2, 0) is 0 Å². The van der Waals surface area contributed by atoms with E-state index in [2.05, 4.69) is 102 Å². The van der Waals surface area contributed by atoms with Crippen molar-refractivity contribution in [2.24, 2.45) is 0 Å². The molecular formula is C30H21NO. The Morgan fingerprint density at radius 2 is 1.00 bits per heavy atom. The van der Waals surface area contributed by atoms with Gasteiger partial charge in [-0.05, 0) is 64.7 Å². The number of hydrogen-bond acceptors (Lipinski definition) is 2. The van der Waals surface area contributed by atoms with Crippen LogP contribution in [0.15, 0.2) is 126 Å². The van der Waals surface area contributed by atoms with Gasteiger partial charge in [0.2, 0.25) is 0 Å². The van der Waals surface area contributed by atoms with Crippen LogP contribution in [0, 0.1) is 0 Å². The van der Waals surface area contributed by atoms with Crippen LogP contribution in [0.3, 0.4) is 0 Å². The molecule has 0 atom stereocenters. The number of para-hydroxylation sites is 1. The zero-order valence-electron chi connectivity index (χ0n) is 17.5. The summed E-state index contributed by atoms with van der Waals surface area (Å²) in [5.74, 6) is 0. The molecule has 0 aliphatic heterocycles. The SMILES string of the molecule is c1ccc(-c2cccc(Nc3cccc(-c4ccc5c(c4)oc4ccccc45)c3)c2)cc1. The first-order valence-corrected chi connectivity index (χ1v) is 10.8. The highest BCUT2D eigenvalue weighted by molar-refractivity contribution is 6.05. The van der Waals surface area contributed by atoms with Crippen LogP contribution in [0.2, 0.25) is 0 Å². The van der Waals surface area contributed by atoms with Crippen molar-refractivity contribution >= 4 is 33.3 Å². The molecule has 0 aliphatic carbocycles. The fourth-order valence-electron chi connectivity index (χ4n) is 4.26. The molecule has 0 unspecified atom stereocenters. The molecule has 0 saturated carbocycles. The average molecular weight is 412 g/mol. The average Bonchev–Trinajstić information content (AvgIpc) is 3.23. The highest BCUT2D eigenvalue weighted by Gasteiger charge is 2.08. The van der Waals surface area contributed by atoms with Crippen molar-refractivity contribution in [2.75, 3.05) is 5.32 Å². The Balaban J connectivity index is 1.32. The van der Waals surface area contributed by atoms with Crippen molar-refractivity contribution in [1.29, 1.82) is 0 Å². The van der Waals surface area contributed by atoms with Gasteiger partial charge in [-0.25, -0.2) is 0 Å². The number of fused-ring (bicyclic) bond motifs is 3. The van der Waals surface area contributed by atoms with E-state index in [1.807, 2.05) is 24.3 Å². The number of anilines is 2. The summed E-state index contributed by atoms with van der Waals surface area (Å²) in [5.41, 5.74) is 8.65. The fourth-order valence-corrected chi connectivity index (χ4v) is 4.26. The van der Waals surface area contributed by atoms with E-state index in [1.54, 1.807) is 0 Å². The summed E-state index contributed by atoms with van der Waals surface area (Å²) < 4.78 is 6.08. The maximum Gasteiger partial charge on any atom is 0.136 e. The van der Waals surface area contributed by atoms with Crippen molar-refractivity contribution in [3.05, 3.63) is 121 Å². The van der Waals surface area contributed by atoms with Gasteiger partial charge in [0.15, 0.2) is 0 Å². The van der Waals surface area contributed by atoms with E-state index < -0.39 is 0 Å². The molecule has 2 heteroatoms. The quantitative estimate of drug-likeness (QED) is 0.314. The van der Waals surface area contributed by atoms with Gasteiger partial charge in [-0.3, -0.25) is 0 Å². The van der Waals surface area contributed by atoms with Crippen LogP contribution in [0.25, 0.3) is 44.2 Å². The molecular weight excluding hydrogens is 390 g/mol. The van der Waals surface area contributed by atoms with Crippen LogP contribution in [0.4, 0.5) is 11.4 Å². The number of nitrogens with one attached hydrogen (secondary N) is 1. The lowest BCUT2D eigenvalue weighted by Gasteiger charge is -2.10. The van der Waals surface area contributed by atoms with E-state index in [9.17, 15) is 0 Å². The summed E-state index contributed by atoms with van der Waals surface area (Å²) in [5, 5.41) is 5.86. The van der Waals surface area contributed by atoms with Crippen LogP contribution in [0.5, 0.6) is 0 Å². The summed E-state index contributed by atoms with van der Waals surface area (Å²) in [6.07, 6.45) is 0. The third-order valence-corrected chi connectivity index (χ3v) is 5.83. The molecule has 152 valence electrons. The number of benzene rings is 5. The number of rotatable bonds is 4. The monoisotopic (exact) mass is 411 g/mol. The molecule has 1 heterocycles. The first-order valence-electron chi connectivity index (χ1n) is 10.8. The normalized spacial score (nSPS) is 11.1. The highest BCUT2D eigenvalue weighted by atomic mass is 16.3. The number of furan rings is 1. The van der Waals surface area contributed by atoms with Crippen LogP contribution in [0.1, 0.15) is 0 Å². The molecule has 5 aromatic carbocycles. The van der Waals surface area contributed by atoms with Crippen molar-refractivity contribution in [2.45, 2.75) is 0 Å². The van der Waals surface area contributed by atoms with Crippen LogP contribution in [-0.4, -0.2) is 0 Å². The summed E-state index contributed by atoms with van der Waals surface area (Å²) in [7, 11) is 0. The lowest BCUT2D eigenvalue weighted by molar-refractivity contribution is 0.669. The minimum absolute atomic E-state index is 0.914. The first-order chi connectivity index (χ1) is 15.8. The maximum absolute atomic E-state index is 6.08. The van der Waals surface area contributed by atoms with Gasteiger partial charge in [0.1, 0.15) is 11.2 Å². The molecule has 0 spiro atoms. The van der Waals surface area contributed by atoms with Gasteiger partial charge in [-0.2, -0.15) is 0 Å². The van der Waals surface area contributed by atoms with Crippen molar-refractivity contribution in [3.8, 4) is 22.3 Å². The molecule has 0 aliphatic rings. The fraction of sp³-hybridized carbons (Fsp3) is 0. The summed E-state index contributed by atoms with van der Waals surface area (Å²) in [4.78, 5) is 0. The molecule has 1 N–H and O–H groups in total. The molecule has 0 radical (unpaired) electrons. The van der Waals surface area contributed by atoms with Gasteiger partial charge in [0.25, 0.3) is 0 Å². The molecule has 1 aromatic heterocycles. The van der Waals surface area contributed by atoms with E-state index in [1.165, 1.54) is 11.1 Å². The molecule has 6 aromatic rings. The van der Waals surface area contributed by atoms with Gasteiger partial charge in [0.05, 0.1) is 0 Å². The van der Waals surface area contributed by atoms with E-state index in [4.69, 9.17) is 4.42 Å². The van der Waals surface area contributed by atoms with Crippen molar-refractivity contribution in [1.82, 2.24) is 0 Å². The standard InChI is InChI=1S/C30H21NO/c1-2-8-21(9-3-1)22-10-6-12-25(18-22)31-26-13-7-11-23(19-26)24-16-17-28-27-14-4-5-15-29(27)32-30(28)20-24/h1-20,31H. The van der Waals surface area contributed by atoms with Gasteiger partial charge in [-0.15, -0.1) is 0 Å². The predicted molar refractivity (Wildman–Crippen MR) is 134 cm³/mol. The van der Waals surface area contributed by atoms with E-state index >= 15 is 0 Å². The smallest absolute Gasteiger partial charge is 0.136 e. The Bertz CT molecular complexity index is 1550. The molecule has 32 heavy (non-hydrogen) atoms.